The van der Waals surface area contributed by atoms with Crippen molar-refractivity contribution in [3.8, 4) is 11.3 Å². The molecule has 0 aliphatic carbocycles. The molecule has 3 aromatic heterocycles. The molecule has 3 aromatic rings. The number of aromatic amines is 2. The average molecular weight is 435 g/mol. The average Bonchev–Trinajstić information content (AvgIpc) is 3.22. The Labute approximate surface area is 190 Å². The van der Waals surface area contributed by atoms with Gasteiger partial charge in [0.15, 0.2) is 0 Å². The molecule has 170 valence electrons. The Hall–Kier alpha value is -2.93. The Morgan fingerprint density at radius 2 is 1.81 bits per heavy atom. The minimum absolute atomic E-state index is 0.181. The zero-order chi connectivity index (χ0) is 23.0. The normalized spacial score (nSPS) is 19.6. The van der Waals surface area contributed by atoms with Crippen molar-refractivity contribution in [2.75, 3.05) is 18.0 Å². The van der Waals surface area contributed by atoms with Gasteiger partial charge >= 0.3 is 0 Å². The standard InChI is InChI=1S/C25H34N6O/c1-8-20(24-18(6)29-30-19(24)7)9-21-16(4)28-17(5)25(21)22-10-23(27-13-26-22)31-11-14(2)32-15(3)12-31/h9-10,13-15,28H,8,11-12H2,1-7H3,(H,29,30). The molecule has 32 heavy (non-hydrogen) atoms. The number of aromatic nitrogens is 5. The second-order valence-corrected chi connectivity index (χ2v) is 8.92. The number of rotatable bonds is 5. The highest BCUT2D eigenvalue weighted by molar-refractivity contribution is 5.89. The minimum Gasteiger partial charge on any atom is -0.372 e. The van der Waals surface area contributed by atoms with Crippen LogP contribution >= 0.6 is 0 Å². The molecule has 1 aliphatic rings. The minimum atomic E-state index is 0.181. The van der Waals surface area contributed by atoms with E-state index in [9.17, 15) is 0 Å². The number of hydrogen-bond acceptors (Lipinski definition) is 5. The summed E-state index contributed by atoms with van der Waals surface area (Å²) in [5.41, 5.74) is 10.1. The van der Waals surface area contributed by atoms with Crippen LogP contribution in [0, 0.1) is 27.7 Å². The fourth-order valence-electron chi connectivity index (χ4n) is 4.88. The molecule has 7 nitrogen and oxygen atoms in total. The number of aryl methyl sites for hydroxylation is 4. The third-order valence-electron chi connectivity index (χ3n) is 6.22. The first kappa shape index (κ1) is 22.3. The van der Waals surface area contributed by atoms with Crippen molar-refractivity contribution in [3.63, 3.8) is 0 Å². The summed E-state index contributed by atoms with van der Waals surface area (Å²) in [5.74, 6) is 0.947. The second-order valence-electron chi connectivity index (χ2n) is 8.92. The molecule has 4 heterocycles. The van der Waals surface area contributed by atoms with E-state index in [1.807, 2.05) is 0 Å². The highest BCUT2D eigenvalue weighted by Crippen LogP contribution is 2.35. The molecule has 0 bridgehead atoms. The third kappa shape index (κ3) is 4.21. The lowest BCUT2D eigenvalue weighted by atomic mass is 9.96. The number of nitrogens with one attached hydrogen (secondary N) is 2. The Bertz CT molecular complexity index is 1110. The number of allylic oxidation sites excluding steroid dienone is 1. The number of ether oxygens (including phenoxy) is 1. The van der Waals surface area contributed by atoms with E-state index in [1.165, 1.54) is 16.7 Å². The maximum Gasteiger partial charge on any atom is 0.132 e. The van der Waals surface area contributed by atoms with Crippen LogP contribution in [-0.4, -0.2) is 50.4 Å². The van der Waals surface area contributed by atoms with Gasteiger partial charge in [-0.25, -0.2) is 9.97 Å². The van der Waals surface area contributed by atoms with Crippen LogP contribution in [0.5, 0.6) is 0 Å². The predicted octanol–water partition coefficient (Wildman–Crippen LogP) is 4.99. The Balaban J connectivity index is 1.78. The maximum absolute atomic E-state index is 5.90. The first-order valence-corrected chi connectivity index (χ1v) is 11.4. The van der Waals surface area contributed by atoms with Crippen LogP contribution in [0.4, 0.5) is 5.82 Å². The summed E-state index contributed by atoms with van der Waals surface area (Å²) in [4.78, 5) is 15.1. The lowest BCUT2D eigenvalue weighted by molar-refractivity contribution is -0.00546. The van der Waals surface area contributed by atoms with E-state index in [0.29, 0.717) is 0 Å². The number of nitrogens with zero attached hydrogens (tertiary/aromatic N) is 4. The van der Waals surface area contributed by atoms with Crippen molar-refractivity contribution >= 4 is 17.5 Å². The number of hydrogen-bond donors (Lipinski definition) is 2. The summed E-state index contributed by atoms with van der Waals surface area (Å²) in [6.07, 6.45) is 5.25. The second kappa shape index (κ2) is 8.90. The molecule has 0 spiro atoms. The Morgan fingerprint density at radius 3 is 2.44 bits per heavy atom. The largest absolute Gasteiger partial charge is 0.372 e. The van der Waals surface area contributed by atoms with Gasteiger partial charge in [-0.3, -0.25) is 5.10 Å². The van der Waals surface area contributed by atoms with E-state index in [-0.39, 0.29) is 12.2 Å². The smallest absolute Gasteiger partial charge is 0.132 e. The van der Waals surface area contributed by atoms with E-state index < -0.39 is 0 Å². The summed E-state index contributed by atoms with van der Waals surface area (Å²) >= 11 is 0. The fraction of sp³-hybridized carbons (Fsp3) is 0.480. The van der Waals surface area contributed by atoms with Gasteiger partial charge in [0.25, 0.3) is 0 Å². The monoisotopic (exact) mass is 434 g/mol. The van der Waals surface area contributed by atoms with E-state index in [4.69, 9.17) is 4.74 Å². The molecule has 2 N–H and O–H groups in total. The molecule has 0 saturated carbocycles. The summed E-state index contributed by atoms with van der Waals surface area (Å²) in [7, 11) is 0. The third-order valence-corrected chi connectivity index (χ3v) is 6.22. The lowest BCUT2D eigenvalue weighted by Crippen LogP contribution is -2.45. The van der Waals surface area contributed by atoms with Gasteiger partial charge < -0.3 is 14.6 Å². The van der Waals surface area contributed by atoms with E-state index >= 15 is 0 Å². The zero-order valence-corrected chi connectivity index (χ0v) is 20.2. The van der Waals surface area contributed by atoms with Crippen LogP contribution in [0.2, 0.25) is 0 Å². The van der Waals surface area contributed by atoms with Crippen LogP contribution in [-0.2, 0) is 4.74 Å². The van der Waals surface area contributed by atoms with Gasteiger partial charge in [0.2, 0.25) is 0 Å². The topological polar surface area (TPSA) is 82.7 Å². The van der Waals surface area contributed by atoms with E-state index in [1.54, 1.807) is 6.33 Å². The molecular formula is C25H34N6O. The molecule has 7 heteroatoms. The van der Waals surface area contributed by atoms with Crippen LogP contribution in [0.25, 0.3) is 22.9 Å². The summed E-state index contributed by atoms with van der Waals surface area (Å²) in [6.45, 7) is 16.4. The molecule has 0 radical (unpaired) electrons. The van der Waals surface area contributed by atoms with Crippen molar-refractivity contribution in [2.45, 2.75) is 67.1 Å². The first-order valence-electron chi connectivity index (χ1n) is 11.4. The van der Waals surface area contributed by atoms with Crippen LogP contribution in [0.1, 0.15) is 61.1 Å². The van der Waals surface area contributed by atoms with E-state index in [0.717, 1.165) is 59.4 Å². The molecule has 0 aromatic carbocycles. The fourth-order valence-corrected chi connectivity index (χ4v) is 4.88. The quantitative estimate of drug-likeness (QED) is 0.591. The van der Waals surface area contributed by atoms with Gasteiger partial charge in [0, 0.05) is 52.9 Å². The molecule has 4 rings (SSSR count). The SMILES string of the molecule is CCC(=Cc1c(C)[nH]c(C)c1-c1cc(N2CC(C)OC(C)C2)ncn1)c1c(C)n[nH]c1C. The lowest BCUT2D eigenvalue weighted by Gasteiger charge is -2.36. The molecule has 2 atom stereocenters. The number of H-pyrrole nitrogens is 2. The van der Waals surface area contributed by atoms with Crippen LogP contribution < -0.4 is 4.90 Å². The van der Waals surface area contributed by atoms with Gasteiger partial charge in [0.1, 0.15) is 12.1 Å². The molecular weight excluding hydrogens is 400 g/mol. The maximum atomic E-state index is 5.90. The number of morpholine rings is 1. The van der Waals surface area contributed by atoms with Gasteiger partial charge in [-0.15, -0.1) is 0 Å². The zero-order valence-electron chi connectivity index (χ0n) is 20.2. The summed E-state index contributed by atoms with van der Waals surface area (Å²) in [5, 5.41) is 7.52. The van der Waals surface area contributed by atoms with Gasteiger partial charge in [0.05, 0.1) is 23.6 Å². The van der Waals surface area contributed by atoms with Crippen molar-refractivity contribution in [1.82, 2.24) is 25.1 Å². The summed E-state index contributed by atoms with van der Waals surface area (Å²) in [6, 6.07) is 2.11. The van der Waals surface area contributed by atoms with Crippen molar-refractivity contribution in [2.24, 2.45) is 0 Å². The van der Waals surface area contributed by atoms with Crippen LogP contribution in [0.3, 0.4) is 0 Å². The molecule has 0 amide bonds. The van der Waals surface area contributed by atoms with Crippen molar-refractivity contribution in [3.05, 3.63) is 46.3 Å². The first-order chi connectivity index (χ1) is 15.3. The van der Waals surface area contributed by atoms with Crippen molar-refractivity contribution < 1.29 is 4.74 Å². The highest BCUT2D eigenvalue weighted by atomic mass is 16.5. The molecule has 1 saturated heterocycles. The summed E-state index contributed by atoms with van der Waals surface area (Å²) < 4.78 is 5.90. The molecule has 1 fully saturated rings. The van der Waals surface area contributed by atoms with Gasteiger partial charge in [-0.05, 0) is 59.6 Å². The number of anilines is 1. The van der Waals surface area contributed by atoms with E-state index in [2.05, 4.69) is 90.7 Å². The van der Waals surface area contributed by atoms with Crippen molar-refractivity contribution in [1.29, 1.82) is 0 Å². The Kier molecular flexibility index (Phi) is 6.20. The molecule has 2 unspecified atom stereocenters. The van der Waals surface area contributed by atoms with Crippen LogP contribution in [0.15, 0.2) is 12.4 Å². The molecule has 1 aliphatic heterocycles. The Morgan fingerprint density at radius 1 is 1.09 bits per heavy atom. The van der Waals surface area contributed by atoms with Gasteiger partial charge in [-0.2, -0.15) is 5.10 Å². The predicted molar refractivity (Wildman–Crippen MR) is 130 cm³/mol. The van der Waals surface area contributed by atoms with Gasteiger partial charge in [-0.1, -0.05) is 6.92 Å². The highest BCUT2D eigenvalue weighted by Gasteiger charge is 2.24.